The molecule has 2 atom stereocenters. The van der Waals surface area contributed by atoms with Crippen molar-refractivity contribution in [3.8, 4) is 0 Å². The molecule has 1 aliphatic rings. The van der Waals surface area contributed by atoms with E-state index in [4.69, 9.17) is 5.73 Å². The molecule has 1 aromatic heterocycles. The van der Waals surface area contributed by atoms with Crippen LogP contribution in [0.4, 0.5) is 32.2 Å². The molecule has 0 fully saturated rings. The van der Waals surface area contributed by atoms with E-state index in [1.54, 1.807) is 0 Å². The summed E-state index contributed by atoms with van der Waals surface area (Å²) in [6.07, 6.45) is -8.84. The van der Waals surface area contributed by atoms with Crippen LogP contribution >= 0.6 is 0 Å². The molecule has 0 bridgehead atoms. The molecule has 0 spiro atoms. The van der Waals surface area contributed by atoms with E-state index < -0.39 is 41.2 Å². The Morgan fingerprint density at radius 2 is 1.86 bits per heavy atom. The van der Waals surface area contributed by atoms with E-state index in [-0.39, 0.29) is 5.82 Å². The fourth-order valence-corrected chi connectivity index (χ4v) is 2.20. The van der Waals surface area contributed by atoms with Crippen LogP contribution in [0.25, 0.3) is 0 Å². The third kappa shape index (κ3) is 2.35. The van der Waals surface area contributed by atoms with Gasteiger partial charge in [-0.25, -0.2) is 14.4 Å². The molecule has 10 heteroatoms. The largest absolute Gasteiger partial charge is 0.462 e. The van der Waals surface area contributed by atoms with Crippen LogP contribution in [-0.2, 0) is 10.3 Å². The molecule has 2 heterocycles. The third-order valence-electron chi connectivity index (χ3n) is 3.27. The zero-order valence-electron chi connectivity index (χ0n) is 11.4. The predicted molar refractivity (Wildman–Crippen MR) is 64.9 cm³/mol. The summed E-state index contributed by atoms with van der Waals surface area (Å²) >= 11 is 0. The lowest BCUT2D eigenvalue weighted by Gasteiger charge is -2.42. The van der Waals surface area contributed by atoms with Gasteiger partial charge in [0, 0.05) is 6.92 Å². The molecule has 0 radical (unpaired) electrons. The molecule has 0 aromatic carbocycles. The Balaban J connectivity index is 2.70. The number of nitrogen functional groups attached to an aromatic ring is 1. The summed E-state index contributed by atoms with van der Waals surface area (Å²) in [4.78, 5) is 6.80. The summed E-state index contributed by atoms with van der Waals surface area (Å²) in [6.45, 7) is 1.62. The molecule has 0 saturated carbocycles. The number of nitrogens with zero attached hydrogens (tertiary/aromatic N) is 2. The number of aliphatic imine (C=N–C) groups is 1. The Bertz CT molecular complexity index is 630. The normalized spacial score (nSPS) is 28.0. The molecule has 122 valence electrons. The number of hydrogen-bond donors (Lipinski definition) is 1. The number of alkyl halides is 5. The van der Waals surface area contributed by atoms with Gasteiger partial charge >= 0.3 is 12.1 Å². The van der Waals surface area contributed by atoms with Gasteiger partial charge in [0.15, 0.2) is 11.4 Å². The number of pyridine rings is 1. The Kier molecular flexibility index (Phi) is 3.53. The molecule has 2 N–H and O–H groups in total. The maximum absolute atomic E-state index is 14.4. The van der Waals surface area contributed by atoms with Crippen molar-refractivity contribution in [1.29, 1.82) is 0 Å². The van der Waals surface area contributed by atoms with Gasteiger partial charge in [-0.1, -0.05) is 0 Å². The highest BCUT2D eigenvalue weighted by molar-refractivity contribution is 5.75. The highest BCUT2D eigenvalue weighted by Crippen LogP contribution is 2.50. The monoisotopic (exact) mass is 327 g/mol. The molecule has 0 unspecified atom stereocenters. The Labute approximate surface area is 121 Å². The minimum absolute atomic E-state index is 0.323. The molecular weight excluding hydrogens is 316 g/mol. The molecule has 0 aliphatic carbocycles. The van der Waals surface area contributed by atoms with Crippen molar-refractivity contribution in [2.24, 2.45) is 4.99 Å². The van der Waals surface area contributed by atoms with Gasteiger partial charge in [0.05, 0.1) is 0 Å². The van der Waals surface area contributed by atoms with Crippen LogP contribution in [-0.4, -0.2) is 29.1 Å². The van der Waals surface area contributed by atoms with Gasteiger partial charge in [0.2, 0.25) is 0 Å². The maximum Gasteiger partial charge on any atom is 0.431 e. The number of aromatic nitrogens is 1. The van der Waals surface area contributed by atoms with Crippen molar-refractivity contribution in [2.45, 2.75) is 37.6 Å². The van der Waals surface area contributed by atoms with Crippen LogP contribution in [0.2, 0.25) is 0 Å². The summed E-state index contributed by atoms with van der Waals surface area (Å²) in [5, 5.41) is 0. The maximum atomic E-state index is 14.4. The molecule has 22 heavy (non-hydrogen) atoms. The van der Waals surface area contributed by atoms with Gasteiger partial charge in [-0.2, -0.15) is 22.0 Å². The van der Waals surface area contributed by atoms with E-state index in [1.165, 1.54) is 0 Å². The molecule has 0 saturated heterocycles. The first-order valence-corrected chi connectivity index (χ1v) is 5.99. The number of hydrogen-bond acceptors (Lipinski definition) is 4. The summed E-state index contributed by atoms with van der Waals surface area (Å²) in [7, 11) is 0. The topological polar surface area (TPSA) is 60.5 Å². The number of ether oxygens (including phenoxy) is 1. The van der Waals surface area contributed by atoms with Gasteiger partial charge in [0.25, 0.3) is 6.10 Å². The summed E-state index contributed by atoms with van der Waals surface area (Å²) in [6, 6.07) is 1.74. The van der Waals surface area contributed by atoms with E-state index in [2.05, 4.69) is 14.7 Å². The molecule has 1 aromatic rings. The standard InChI is InChI=1S/C12H11F6N3O/c1-5-21-10(2,8-6(13)3-4-7(19)20-8)11(14,15)9(22-5)12(16,17)18/h3-4,9H,1-2H3,(H2,19,20)/t9-,10+/m0/s1. The van der Waals surface area contributed by atoms with Crippen LogP contribution in [0.15, 0.2) is 17.1 Å². The minimum Gasteiger partial charge on any atom is -0.462 e. The van der Waals surface area contributed by atoms with E-state index in [9.17, 15) is 26.3 Å². The molecule has 2 rings (SSSR count). The van der Waals surface area contributed by atoms with Crippen LogP contribution in [0.5, 0.6) is 0 Å². The van der Waals surface area contributed by atoms with E-state index in [0.29, 0.717) is 6.92 Å². The van der Waals surface area contributed by atoms with Crippen molar-refractivity contribution >= 4 is 11.7 Å². The van der Waals surface area contributed by atoms with Gasteiger partial charge in [-0.3, -0.25) is 0 Å². The first kappa shape index (κ1) is 16.4. The average Bonchev–Trinajstić information content (AvgIpc) is 2.35. The fourth-order valence-electron chi connectivity index (χ4n) is 2.20. The first-order chi connectivity index (χ1) is 9.89. The molecule has 4 nitrogen and oxygen atoms in total. The van der Waals surface area contributed by atoms with Crippen LogP contribution in [0, 0.1) is 5.82 Å². The van der Waals surface area contributed by atoms with E-state index >= 15 is 0 Å². The summed E-state index contributed by atoms with van der Waals surface area (Å²) in [5.41, 5.74) is 1.43. The second-order valence-electron chi connectivity index (χ2n) is 4.93. The van der Waals surface area contributed by atoms with Crippen molar-refractivity contribution in [3.63, 3.8) is 0 Å². The van der Waals surface area contributed by atoms with Crippen molar-refractivity contribution in [2.75, 3.05) is 5.73 Å². The van der Waals surface area contributed by atoms with Crippen molar-refractivity contribution < 1.29 is 31.1 Å². The Hall–Kier alpha value is -2.00. The predicted octanol–water partition coefficient (Wildman–Crippen LogP) is 3.03. The zero-order valence-corrected chi connectivity index (χ0v) is 11.4. The van der Waals surface area contributed by atoms with E-state index in [0.717, 1.165) is 19.1 Å². The summed E-state index contributed by atoms with van der Waals surface area (Å²) < 4.78 is 85.3. The third-order valence-corrected chi connectivity index (χ3v) is 3.27. The lowest BCUT2D eigenvalue weighted by Crippen LogP contribution is -2.60. The lowest BCUT2D eigenvalue weighted by atomic mass is 9.84. The van der Waals surface area contributed by atoms with Crippen molar-refractivity contribution in [3.05, 3.63) is 23.6 Å². The Morgan fingerprint density at radius 3 is 2.41 bits per heavy atom. The lowest BCUT2D eigenvalue weighted by molar-refractivity contribution is -0.287. The minimum atomic E-state index is -5.38. The highest BCUT2D eigenvalue weighted by atomic mass is 19.4. The first-order valence-electron chi connectivity index (χ1n) is 5.99. The number of anilines is 1. The van der Waals surface area contributed by atoms with Gasteiger partial charge in [0.1, 0.15) is 17.3 Å². The number of nitrogens with two attached hydrogens (primary N) is 1. The fraction of sp³-hybridized carbons (Fsp3) is 0.500. The van der Waals surface area contributed by atoms with E-state index in [1.807, 2.05) is 0 Å². The smallest absolute Gasteiger partial charge is 0.431 e. The second-order valence-corrected chi connectivity index (χ2v) is 4.93. The highest BCUT2D eigenvalue weighted by Gasteiger charge is 2.70. The van der Waals surface area contributed by atoms with Gasteiger partial charge in [-0.15, -0.1) is 0 Å². The molecule has 1 aliphatic heterocycles. The van der Waals surface area contributed by atoms with Gasteiger partial charge < -0.3 is 10.5 Å². The van der Waals surface area contributed by atoms with Gasteiger partial charge in [-0.05, 0) is 19.1 Å². The molecule has 0 amide bonds. The van der Waals surface area contributed by atoms with Crippen LogP contribution in [0.3, 0.4) is 0 Å². The quantitative estimate of drug-likeness (QED) is 0.807. The zero-order chi connectivity index (χ0) is 16.9. The second kappa shape index (κ2) is 4.75. The van der Waals surface area contributed by atoms with Crippen LogP contribution < -0.4 is 5.73 Å². The Morgan fingerprint density at radius 1 is 1.27 bits per heavy atom. The SMILES string of the molecule is CC1=N[C@](C)(c2nc(N)ccc2F)C(F)(F)[C@@H](C(F)(F)F)O1. The number of rotatable bonds is 1. The van der Waals surface area contributed by atoms with Crippen molar-refractivity contribution in [1.82, 2.24) is 4.98 Å². The average molecular weight is 327 g/mol. The van der Waals surface area contributed by atoms with Crippen LogP contribution in [0.1, 0.15) is 19.5 Å². The summed E-state index contributed by atoms with van der Waals surface area (Å²) in [5.74, 6) is -6.81. The number of halogens is 6. The molecular formula is C12H11F6N3O.